The standard InChI is InChI=1S/C9H15NO/c1-7(2)10-4-8(3)9(5-10)6-11/h4-5,7,11H,6H2,1-3H3. The van der Waals surface area contributed by atoms with Gasteiger partial charge in [-0.15, -0.1) is 0 Å². The van der Waals surface area contributed by atoms with Gasteiger partial charge in [-0.05, 0) is 31.9 Å². The van der Waals surface area contributed by atoms with E-state index in [-0.39, 0.29) is 6.61 Å². The third-order valence-electron chi connectivity index (χ3n) is 1.92. The van der Waals surface area contributed by atoms with E-state index in [2.05, 4.69) is 24.6 Å². The van der Waals surface area contributed by atoms with Gasteiger partial charge in [0, 0.05) is 18.4 Å². The molecular formula is C9H15NO. The first-order chi connectivity index (χ1) is 5.15. The number of nitrogens with zero attached hydrogens (tertiary/aromatic N) is 1. The largest absolute Gasteiger partial charge is 0.392 e. The summed E-state index contributed by atoms with van der Waals surface area (Å²) in [6, 6.07) is 0.481. The molecule has 2 nitrogen and oxygen atoms in total. The van der Waals surface area contributed by atoms with Gasteiger partial charge in [-0.2, -0.15) is 0 Å². The Morgan fingerprint density at radius 1 is 1.45 bits per heavy atom. The summed E-state index contributed by atoms with van der Waals surface area (Å²) in [5.41, 5.74) is 2.19. The highest BCUT2D eigenvalue weighted by molar-refractivity contribution is 5.22. The Kier molecular flexibility index (Phi) is 2.35. The molecule has 1 heterocycles. The van der Waals surface area contributed by atoms with Gasteiger partial charge in [-0.1, -0.05) is 0 Å². The number of hydrogen-bond donors (Lipinski definition) is 1. The van der Waals surface area contributed by atoms with Crippen molar-refractivity contribution in [1.29, 1.82) is 0 Å². The van der Waals surface area contributed by atoms with Crippen LogP contribution >= 0.6 is 0 Å². The van der Waals surface area contributed by atoms with Gasteiger partial charge in [-0.25, -0.2) is 0 Å². The number of aliphatic hydroxyl groups excluding tert-OH is 1. The average Bonchev–Trinajstić information content (AvgIpc) is 2.31. The van der Waals surface area contributed by atoms with E-state index in [0.717, 1.165) is 5.56 Å². The second-order valence-electron chi connectivity index (χ2n) is 3.17. The van der Waals surface area contributed by atoms with Gasteiger partial charge >= 0.3 is 0 Å². The Morgan fingerprint density at radius 2 is 2.09 bits per heavy atom. The van der Waals surface area contributed by atoms with Gasteiger partial charge in [0.1, 0.15) is 0 Å². The fraction of sp³-hybridized carbons (Fsp3) is 0.556. The second kappa shape index (κ2) is 3.09. The molecule has 1 rings (SSSR count). The lowest BCUT2D eigenvalue weighted by molar-refractivity contribution is 0.281. The van der Waals surface area contributed by atoms with Crippen LogP contribution in [0.3, 0.4) is 0 Å². The van der Waals surface area contributed by atoms with Crippen molar-refractivity contribution in [2.24, 2.45) is 0 Å². The third kappa shape index (κ3) is 1.63. The molecule has 0 fully saturated rings. The van der Waals surface area contributed by atoms with E-state index >= 15 is 0 Å². The maximum Gasteiger partial charge on any atom is 0.0699 e. The van der Waals surface area contributed by atoms with E-state index in [0.29, 0.717) is 6.04 Å². The second-order valence-corrected chi connectivity index (χ2v) is 3.17. The first kappa shape index (κ1) is 8.34. The first-order valence-electron chi connectivity index (χ1n) is 3.93. The van der Waals surface area contributed by atoms with E-state index < -0.39 is 0 Å². The molecule has 1 aromatic rings. The number of rotatable bonds is 2. The van der Waals surface area contributed by atoms with Crippen molar-refractivity contribution in [2.75, 3.05) is 0 Å². The summed E-state index contributed by atoms with van der Waals surface area (Å²) in [6.07, 6.45) is 4.07. The van der Waals surface area contributed by atoms with Gasteiger partial charge in [0.05, 0.1) is 6.61 Å². The Morgan fingerprint density at radius 3 is 2.36 bits per heavy atom. The van der Waals surface area contributed by atoms with Gasteiger partial charge in [0.2, 0.25) is 0 Å². The lowest BCUT2D eigenvalue weighted by atomic mass is 10.2. The first-order valence-corrected chi connectivity index (χ1v) is 3.93. The minimum absolute atomic E-state index is 0.144. The minimum Gasteiger partial charge on any atom is -0.392 e. The lowest BCUT2D eigenvalue weighted by Crippen LogP contribution is -1.95. The zero-order chi connectivity index (χ0) is 8.43. The highest BCUT2D eigenvalue weighted by Gasteiger charge is 2.02. The van der Waals surface area contributed by atoms with Crippen LogP contribution in [0.25, 0.3) is 0 Å². The summed E-state index contributed by atoms with van der Waals surface area (Å²) in [5.74, 6) is 0. The van der Waals surface area contributed by atoms with Crippen LogP contribution in [-0.2, 0) is 6.61 Å². The van der Waals surface area contributed by atoms with Crippen molar-refractivity contribution in [2.45, 2.75) is 33.4 Å². The quantitative estimate of drug-likeness (QED) is 0.689. The number of aryl methyl sites for hydroxylation is 1. The maximum absolute atomic E-state index is 8.90. The molecule has 0 aliphatic rings. The summed E-state index contributed by atoms with van der Waals surface area (Å²) < 4.78 is 2.11. The Balaban J connectivity index is 2.95. The van der Waals surface area contributed by atoms with Crippen molar-refractivity contribution in [3.63, 3.8) is 0 Å². The third-order valence-corrected chi connectivity index (χ3v) is 1.92. The molecule has 1 aromatic heterocycles. The normalized spacial score (nSPS) is 11.0. The number of aliphatic hydroxyl groups is 1. The fourth-order valence-corrected chi connectivity index (χ4v) is 1.09. The van der Waals surface area contributed by atoms with Crippen LogP contribution in [0.1, 0.15) is 31.0 Å². The smallest absolute Gasteiger partial charge is 0.0699 e. The molecule has 62 valence electrons. The van der Waals surface area contributed by atoms with Crippen molar-refractivity contribution < 1.29 is 5.11 Å². The van der Waals surface area contributed by atoms with Crippen molar-refractivity contribution >= 4 is 0 Å². The van der Waals surface area contributed by atoms with Crippen LogP contribution in [-0.4, -0.2) is 9.67 Å². The van der Waals surface area contributed by atoms with Crippen LogP contribution in [0, 0.1) is 6.92 Å². The molecule has 0 radical (unpaired) electrons. The zero-order valence-corrected chi connectivity index (χ0v) is 7.33. The van der Waals surface area contributed by atoms with Crippen LogP contribution in [0.15, 0.2) is 12.4 Å². The summed E-state index contributed by atoms with van der Waals surface area (Å²) in [7, 11) is 0. The average molecular weight is 153 g/mol. The molecular weight excluding hydrogens is 138 g/mol. The van der Waals surface area contributed by atoms with Gasteiger partial charge in [0.15, 0.2) is 0 Å². The van der Waals surface area contributed by atoms with Crippen molar-refractivity contribution in [3.05, 3.63) is 23.5 Å². The van der Waals surface area contributed by atoms with E-state index in [9.17, 15) is 0 Å². The molecule has 1 N–H and O–H groups in total. The van der Waals surface area contributed by atoms with Crippen LogP contribution in [0.2, 0.25) is 0 Å². The van der Waals surface area contributed by atoms with Gasteiger partial charge in [-0.3, -0.25) is 0 Å². The van der Waals surface area contributed by atoms with Crippen molar-refractivity contribution in [1.82, 2.24) is 4.57 Å². The Hall–Kier alpha value is -0.760. The van der Waals surface area contributed by atoms with E-state index in [1.807, 2.05) is 13.1 Å². The highest BCUT2D eigenvalue weighted by Crippen LogP contribution is 2.13. The molecule has 0 aliphatic carbocycles. The van der Waals surface area contributed by atoms with E-state index in [1.54, 1.807) is 0 Å². The molecule has 0 aliphatic heterocycles. The summed E-state index contributed by atoms with van der Waals surface area (Å²) in [6.45, 7) is 6.41. The Labute approximate surface area is 67.5 Å². The van der Waals surface area contributed by atoms with E-state index in [1.165, 1.54) is 5.56 Å². The predicted molar refractivity (Wildman–Crippen MR) is 45.5 cm³/mol. The SMILES string of the molecule is Cc1cn(C(C)C)cc1CO. The molecule has 0 saturated heterocycles. The molecule has 2 heteroatoms. The summed E-state index contributed by atoms with van der Waals surface area (Å²) in [5, 5.41) is 8.90. The number of aromatic nitrogens is 1. The molecule has 0 aromatic carbocycles. The zero-order valence-electron chi connectivity index (χ0n) is 7.33. The van der Waals surface area contributed by atoms with Crippen LogP contribution in [0.5, 0.6) is 0 Å². The maximum atomic E-state index is 8.90. The lowest BCUT2D eigenvalue weighted by Gasteiger charge is -2.04. The van der Waals surface area contributed by atoms with E-state index in [4.69, 9.17) is 5.11 Å². The Bertz CT molecular complexity index is 238. The predicted octanol–water partition coefficient (Wildman–Crippen LogP) is 1.87. The van der Waals surface area contributed by atoms with Gasteiger partial charge in [0.25, 0.3) is 0 Å². The molecule has 0 unspecified atom stereocenters. The molecule has 0 atom stereocenters. The van der Waals surface area contributed by atoms with Crippen molar-refractivity contribution in [3.8, 4) is 0 Å². The fourth-order valence-electron chi connectivity index (χ4n) is 1.09. The van der Waals surface area contributed by atoms with Gasteiger partial charge < -0.3 is 9.67 Å². The molecule has 0 spiro atoms. The molecule has 0 amide bonds. The molecule has 11 heavy (non-hydrogen) atoms. The summed E-state index contributed by atoms with van der Waals surface area (Å²) >= 11 is 0. The number of hydrogen-bond acceptors (Lipinski definition) is 1. The monoisotopic (exact) mass is 153 g/mol. The highest BCUT2D eigenvalue weighted by atomic mass is 16.3. The van der Waals surface area contributed by atoms with Crippen LogP contribution in [0.4, 0.5) is 0 Å². The molecule has 0 bridgehead atoms. The topological polar surface area (TPSA) is 25.2 Å². The van der Waals surface area contributed by atoms with Crippen LogP contribution < -0.4 is 0 Å². The summed E-state index contributed by atoms with van der Waals surface area (Å²) in [4.78, 5) is 0. The minimum atomic E-state index is 0.144. The molecule has 0 saturated carbocycles.